The van der Waals surface area contributed by atoms with E-state index in [1.807, 2.05) is 0 Å². The lowest BCUT2D eigenvalue weighted by Crippen LogP contribution is -2.50. The van der Waals surface area contributed by atoms with Gasteiger partial charge in [0.1, 0.15) is 5.75 Å². The number of hydrogen-bond acceptors (Lipinski definition) is 2. The van der Waals surface area contributed by atoms with Crippen molar-refractivity contribution in [2.45, 2.75) is 37.5 Å². The van der Waals surface area contributed by atoms with Crippen LogP contribution in [-0.4, -0.2) is 32.1 Å². The minimum absolute atomic E-state index is 0.416. The van der Waals surface area contributed by atoms with Crippen molar-refractivity contribution in [2.75, 3.05) is 27.2 Å². The molecule has 1 unspecified atom stereocenters. The van der Waals surface area contributed by atoms with Gasteiger partial charge in [-0.25, -0.2) is 0 Å². The first kappa shape index (κ1) is 13.0. The molecule has 1 aromatic rings. The minimum atomic E-state index is 0.416. The summed E-state index contributed by atoms with van der Waals surface area (Å²) < 4.78 is 5.43. The highest BCUT2D eigenvalue weighted by atomic mass is 16.5. The highest BCUT2D eigenvalue weighted by Gasteiger charge is 2.44. The first-order chi connectivity index (χ1) is 9.24. The summed E-state index contributed by atoms with van der Waals surface area (Å²) in [5.74, 6) is 1.84. The van der Waals surface area contributed by atoms with Crippen LogP contribution >= 0.6 is 0 Å². The van der Waals surface area contributed by atoms with Crippen molar-refractivity contribution in [3.05, 3.63) is 29.8 Å². The van der Waals surface area contributed by atoms with Crippen LogP contribution in [0.5, 0.6) is 5.75 Å². The van der Waals surface area contributed by atoms with Gasteiger partial charge in [-0.15, -0.1) is 0 Å². The van der Waals surface area contributed by atoms with Crippen LogP contribution in [0.4, 0.5) is 0 Å². The zero-order valence-electron chi connectivity index (χ0n) is 12.2. The fourth-order valence-electron chi connectivity index (χ4n) is 4.22. The van der Waals surface area contributed by atoms with Gasteiger partial charge in [-0.2, -0.15) is 0 Å². The van der Waals surface area contributed by atoms with E-state index in [9.17, 15) is 0 Å². The van der Waals surface area contributed by atoms with Crippen molar-refractivity contribution in [3.8, 4) is 5.75 Å². The molecule has 2 aliphatic rings. The van der Waals surface area contributed by atoms with Crippen LogP contribution in [-0.2, 0) is 5.41 Å². The highest BCUT2D eigenvalue weighted by Crippen LogP contribution is 2.49. The second-order valence-corrected chi connectivity index (χ2v) is 6.34. The summed E-state index contributed by atoms with van der Waals surface area (Å²) in [5, 5.41) is 0. The van der Waals surface area contributed by atoms with Gasteiger partial charge < -0.3 is 9.64 Å². The van der Waals surface area contributed by atoms with E-state index < -0.39 is 0 Å². The van der Waals surface area contributed by atoms with Crippen molar-refractivity contribution >= 4 is 0 Å². The molecule has 0 bridgehead atoms. The smallest absolute Gasteiger partial charge is 0.119 e. The van der Waals surface area contributed by atoms with Crippen LogP contribution in [0.3, 0.4) is 0 Å². The quantitative estimate of drug-likeness (QED) is 0.806. The van der Waals surface area contributed by atoms with E-state index >= 15 is 0 Å². The van der Waals surface area contributed by atoms with Crippen LogP contribution < -0.4 is 4.74 Å². The third-order valence-electron chi connectivity index (χ3n) is 5.32. The average molecular weight is 259 g/mol. The maximum Gasteiger partial charge on any atom is 0.119 e. The maximum absolute atomic E-state index is 5.43. The van der Waals surface area contributed by atoms with Crippen LogP contribution in [0.2, 0.25) is 0 Å². The largest absolute Gasteiger partial charge is 0.497 e. The lowest BCUT2D eigenvalue weighted by atomic mass is 9.59. The Bertz CT molecular complexity index is 445. The van der Waals surface area contributed by atoms with Crippen molar-refractivity contribution in [3.63, 3.8) is 0 Å². The highest BCUT2D eigenvalue weighted by molar-refractivity contribution is 5.35. The molecule has 2 heteroatoms. The third kappa shape index (κ3) is 2.27. The first-order valence-electron chi connectivity index (χ1n) is 7.58. The van der Waals surface area contributed by atoms with Crippen LogP contribution in [0.15, 0.2) is 24.3 Å². The minimum Gasteiger partial charge on any atom is -0.497 e. The van der Waals surface area contributed by atoms with Gasteiger partial charge in [-0.05, 0) is 56.5 Å². The van der Waals surface area contributed by atoms with Gasteiger partial charge in [0.15, 0.2) is 0 Å². The maximum atomic E-state index is 5.43. The number of methoxy groups -OCH3 is 1. The molecule has 0 radical (unpaired) electrons. The molecule has 19 heavy (non-hydrogen) atoms. The molecule has 1 aromatic carbocycles. The molecule has 0 N–H and O–H groups in total. The number of hydrogen-bond donors (Lipinski definition) is 0. The second-order valence-electron chi connectivity index (χ2n) is 6.34. The lowest BCUT2D eigenvalue weighted by molar-refractivity contribution is 0.0706. The topological polar surface area (TPSA) is 12.5 Å². The standard InChI is InChI=1S/C17H25NO/c1-18-11-10-17(9-4-3-6-15(17)13-18)14-7-5-8-16(12-14)19-2/h5,7-8,12,15H,3-4,6,9-11,13H2,1-2H3/t15-,17?/m0/s1. The number of nitrogens with zero attached hydrogens (tertiary/aromatic N) is 1. The van der Waals surface area contributed by atoms with E-state index in [1.165, 1.54) is 50.8 Å². The molecule has 1 saturated heterocycles. The third-order valence-corrected chi connectivity index (χ3v) is 5.32. The van der Waals surface area contributed by atoms with Gasteiger partial charge in [0, 0.05) is 12.0 Å². The average Bonchev–Trinajstić information content (AvgIpc) is 2.47. The molecule has 2 nitrogen and oxygen atoms in total. The van der Waals surface area contributed by atoms with Gasteiger partial charge in [0.05, 0.1) is 7.11 Å². The molecule has 1 saturated carbocycles. The Hall–Kier alpha value is -1.02. The zero-order valence-corrected chi connectivity index (χ0v) is 12.2. The summed E-state index contributed by atoms with van der Waals surface area (Å²) >= 11 is 0. The van der Waals surface area contributed by atoms with Crippen LogP contribution in [0.1, 0.15) is 37.7 Å². The molecule has 0 spiro atoms. The van der Waals surface area contributed by atoms with Gasteiger partial charge in [-0.1, -0.05) is 25.0 Å². The summed E-state index contributed by atoms with van der Waals surface area (Å²) in [6.45, 7) is 2.49. The molecule has 1 aliphatic heterocycles. The van der Waals surface area contributed by atoms with Crippen molar-refractivity contribution in [2.24, 2.45) is 5.92 Å². The molecule has 2 fully saturated rings. The molecule has 0 aromatic heterocycles. The van der Waals surface area contributed by atoms with E-state index in [1.54, 1.807) is 7.11 Å². The van der Waals surface area contributed by atoms with E-state index in [2.05, 4.69) is 36.2 Å². The number of fused-ring (bicyclic) bond motifs is 1. The monoisotopic (exact) mass is 259 g/mol. The zero-order chi connectivity index (χ0) is 13.3. The number of ether oxygens (including phenoxy) is 1. The number of benzene rings is 1. The molecular weight excluding hydrogens is 234 g/mol. The Balaban J connectivity index is 1.97. The molecule has 2 atom stereocenters. The predicted molar refractivity (Wildman–Crippen MR) is 78.7 cm³/mol. The van der Waals surface area contributed by atoms with Crippen molar-refractivity contribution in [1.82, 2.24) is 4.90 Å². The summed E-state index contributed by atoms with van der Waals surface area (Å²) in [4.78, 5) is 2.51. The second kappa shape index (κ2) is 5.16. The Morgan fingerprint density at radius 1 is 1.26 bits per heavy atom. The molecule has 0 amide bonds. The normalized spacial score (nSPS) is 31.8. The van der Waals surface area contributed by atoms with E-state index in [0.29, 0.717) is 5.41 Å². The summed E-state index contributed by atoms with van der Waals surface area (Å²) in [5.41, 5.74) is 1.93. The Morgan fingerprint density at radius 3 is 3.00 bits per heavy atom. The van der Waals surface area contributed by atoms with Crippen LogP contribution in [0.25, 0.3) is 0 Å². The van der Waals surface area contributed by atoms with Crippen molar-refractivity contribution in [1.29, 1.82) is 0 Å². The van der Waals surface area contributed by atoms with Gasteiger partial charge >= 0.3 is 0 Å². The fraction of sp³-hybridized carbons (Fsp3) is 0.647. The van der Waals surface area contributed by atoms with Gasteiger partial charge in [0.2, 0.25) is 0 Å². The fourth-order valence-corrected chi connectivity index (χ4v) is 4.22. The van der Waals surface area contributed by atoms with Gasteiger partial charge in [-0.3, -0.25) is 0 Å². The Morgan fingerprint density at radius 2 is 2.16 bits per heavy atom. The van der Waals surface area contributed by atoms with E-state index in [0.717, 1.165) is 11.7 Å². The molecular formula is C17H25NO. The number of piperidine rings is 1. The van der Waals surface area contributed by atoms with Crippen LogP contribution in [0, 0.1) is 5.92 Å². The predicted octanol–water partition coefficient (Wildman–Crippen LogP) is 3.46. The summed E-state index contributed by atoms with van der Waals surface area (Å²) in [7, 11) is 4.04. The van der Waals surface area contributed by atoms with Crippen molar-refractivity contribution < 1.29 is 4.74 Å². The molecule has 1 heterocycles. The number of rotatable bonds is 2. The van der Waals surface area contributed by atoms with E-state index in [-0.39, 0.29) is 0 Å². The first-order valence-corrected chi connectivity index (χ1v) is 7.58. The number of likely N-dealkylation sites (tertiary alicyclic amines) is 1. The summed E-state index contributed by atoms with van der Waals surface area (Å²) in [6.07, 6.45) is 6.85. The molecule has 1 aliphatic carbocycles. The molecule has 104 valence electrons. The Labute approximate surface area is 116 Å². The molecule has 3 rings (SSSR count). The Kier molecular flexibility index (Phi) is 3.53. The van der Waals surface area contributed by atoms with Gasteiger partial charge in [0.25, 0.3) is 0 Å². The SMILES string of the molecule is COc1cccc(C23CCCC[C@H]2CN(C)CC3)c1. The van der Waals surface area contributed by atoms with E-state index in [4.69, 9.17) is 4.74 Å². The summed E-state index contributed by atoms with van der Waals surface area (Å²) in [6, 6.07) is 8.83. The lowest BCUT2D eigenvalue weighted by Gasteiger charge is -2.50.